The molecule has 0 bridgehead atoms. The van der Waals surface area contributed by atoms with Crippen LogP contribution in [0.15, 0.2) is 42.6 Å². The largest absolute Gasteiger partial charge is 0.485 e. The number of ether oxygens (including phenoxy) is 1. The standard InChI is InChI=1S/C20H25N3O2/c1-15-8-5-6-9-16(15)14-25-18-12-7-13-21-19(18)23-20(24)22-17-10-3-2-4-11-17/h5-9,12-13,17H,2-4,10-11,14H2,1H3,(H2,21,22,23,24). The van der Waals surface area contributed by atoms with E-state index >= 15 is 0 Å². The monoisotopic (exact) mass is 339 g/mol. The van der Waals surface area contributed by atoms with Crippen LogP contribution in [0.3, 0.4) is 0 Å². The van der Waals surface area contributed by atoms with Gasteiger partial charge in [-0.1, -0.05) is 43.5 Å². The molecule has 1 heterocycles. The fraction of sp³-hybridized carbons (Fsp3) is 0.400. The molecule has 1 aliphatic carbocycles. The number of amides is 2. The smallest absolute Gasteiger partial charge is 0.320 e. The summed E-state index contributed by atoms with van der Waals surface area (Å²) in [5.74, 6) is 1.02. The molecule has 5 heteroatoms. The Morgan fingerprint density at radius 2 is 1.96 bits per heavy atom. The molecule has 0 aliphatic heterocycles. The van der Waals surface area contributed by atoms with E-state index in [0.29, 0.717) is 18.2 Å². The Kier molecular flexibility index (Phi) is 5.88. The molecule has 0 saturated heterocycles. The average molecular weight is 339 g/mol. The van der Waals surface area contributed by atoms with Crippen molar-refractivity contribution in [1.82, 2.24) is 10.3 Å². The van der Waals surface area contributed by atoms with Crippen LogP contribution >= 0.6 is 0 Å². The molecule has 2 N–H and O–H groups in total. The number of hydrogen-bond acceptors (Lipinski definition) is 3. The maximum absolute atomic E-state index is 12.2. The van der Waals surface area contributed by atoms with Gasteiger partial charge in [0.25, 0.3) is 0 Å². The fourth-order valence-corrected chi connectivity index (χ4v) is 3.10. The number of nitrogens with one attached hydrogen (secondary N) is 2. The first-order valence-electron chi connectivity index (χ1n) is 8.92. The van der Waals surface area contributed by atoms with Gasteiger partial charge < -0.3 is 10.1 Å². The highest BCUT2D eigenvalue weighted by atomic mass is 16.5. The van der Waals surface area contributed by atoms with Gasteiger partial charge in [0.2, 0.25) is 0 Å². The van der Waals surface area contributed by atoms with Crippen molar-refractivity contribution in [3.8, 4) is 5.75 Å². The molecule has 0 atom stereocenters. The van der Waals surface area contributed by atoms with Crippen molar-refractivity contribution in [1.29, 1.82) is 0 Å². The molecule has 1 aliphatic rings. The van der Waals surface area contributed by atoms with E-state index in [1.165, 1.54) is 24.8 Å². The van der Waals surface area contributed by atoms with E-state index in [1.807, 2.05) is 24.3 Å². The first kappa shape index (κ1) is 17.3. The summed E-state index contributed by atoms with van der Waals surface area (Å²) in [6.07, 6.45) is 7.37. The lowest BCUT2D eigenvalue weighted by atomic mass is 9.96. The lowest BCUT2D eigenvalue weighted by Gasteiger charge is -2.23. The van der Waals surface area contributed by atoms with E-state index in [4.69, 9.17) is 4.74 Å². The van der Waals surface area contributed by atoms with Gasteiger partial charge in [0.05, 0.1) is 0 Å². The van der Waals surface area contributed by atoms with Crippen LogP contribution in [-0.2, 0) is 6.61 Å². The Hall–Kier alpha value is -2.56. The van der Waals surface area contributed by atoms with E-state index in [1.54, 1.807) is 12.3 Å². The van der Waals surface area contributed by atoms with E-state index in [-0.39, 0.29) is 12.1 Å². The van der Waals surface area contributed by atoms with Crippen LogP contribution < -0.4 is 15.4 Å². The van der Waals surface area contributed by atoms with E-state index in [9.17, 15) is 4.79 Å². The summed E-state index contributed by atoms with van der Waals surface area (Å²) in [6, 6.07) is 11.8. The van der Waals surface area contributed by atoms with Gasteiger partial charge in [0, 0.05) is 12.2 Å². The zero-order valence-corrected chi connectivity index (χ0v) is 14.6. The molecule has 25 heavy (non-hydrogen) atoms. The highest BCUT2D eigenvalue weighted by Crippen LogP contribution is 2.23. The van der Waals surface area contributed by atoms with Crippen molar-refractivity contribution >= 4 is 11.8 Å². The zero-order chi connectivity index (χ0) is 17.5. The molecule has 1 aromatic carbocycles. The first-order valence-corrected chi connectivity index (χ1v) is 8.92. The summed E-state index contributed by atoms with van der Waals surface area (Å²) in [6.45, 7) is 2.50. The van der Waals surface area contributed by atoms with Gasteiger partial charge in [-0.15, -0.1) is 0 Å². The van der Waals surface area contributed by atoms with Gasteiger partial charge in [-0.25, -0.2) is 9.78 Å². The third-order valence-electron chi connectivity index (χ3n) is 4.59. The second-order valence-electron chi connectivity index (χ2n) is 6.50. The maximum atomic E-state index is 12.2. The van der Waals surface area contributed by atoms with Crippen molar-refractivity contribution in [3.63, 3.8) is 0 Å². The summed E-state index contributed by atoms with van der Waals surface area (Å²) < 4.78 is 5.89. The van der Waals surface area contributed by atoms with Gasteiger partial charge >= 0.3 is 6.03 Å². The number of nitrogens with zero attached hydrogens (tertiary/aromatic N) is 1. The predicted molar refractivity (Wildman–Crippen MR) is 98.8 cm³/mol. The van der Waals surface area contributed by atoms with Crippen molar-refractivity contribution < 1.29 is 9.53 Å². The van der Waals surface area contributed by atoms with Gasteiger partial charge in [0.15, 0.2) is 11.6 Å². The lowest BCUT2D eigenvalue weighted by molar-refractivity contribution is 0.243. The Bertz CT molecular complexity index is 712. The van der Waals surface area contributed by atoms with E-state index in [0.717, 1.165) is 18.4 Å². The molecule has 132 valence electrons. The highest BCUT2D eigenvalue weighted by molar-refractivity contribution is 5.89. The fourth-order valence-electron chi connectivity index (χ4n) is 3.10. The van der Waals surface area contributed by atoms with Crippen LogP contribution in [0.5, 0.6) is 5.75 Å². The number of hydrogen-bond donors (Lipinski definition) is 2. The molecule has 1 aromatic heterocycles. The molecule has 5 nitrogen and oxygen atoms in total. The number of carbonyl (C=O) groups excluding carboxylic acids is 1. The molecule has 0 spiro atoms. The molecular formula is C20H25N3O2. The predicted octanol–water partition coefficient (Wildman–Crippen LogP) is 4.42. The summed E-state index contributed by atoms with van der Waals surface area (Å²) in [5, 5.41) is 5.85. The molecule has 0 unspecified atom stereocenters. The zero-order valence-electron chi connectivity index (χ0n) is 14.6. The van der Waals surface area contributed by atoms with Crippen LogP contribution in [0.4, 0.5) is 10.6 Å². The number of urea groups is 1. The number of aromatic nitrogens is 1. The van der Waals surface area contributed by atoms with Crippen molar-refractivity contribution in [2.45, 2.75) is 51.7 Å². The number of benzene rings is 1. The van der Waals surface area contributed by atoms with E-state index < -0.39 is 0 Å². The third-order valence-corrected chi connectivity index (χ3v) is 4.59. The Morgan fingerprint density at radius 3 is 2.76 bits per heavy atom. The minimum atomic E-state index is -0.216. The minimum Gasteiger partial charge on any atom is -0.485 e. The first-order chi connectivity index (χ1) is 12.2. The van der Waals surface area contributed by atoms with Crippen LogP contribution in [-0.4, -0.2) is 17.1 Å². The summed E-state index contributed by atoms with van der Waals surface area (Å²) in [7, 11) is 0. The van der Waals surface area contributed by atoms with Gasteiger partial charge in [-0.2, -0.15) is 0 Å². The molecule has 2 amide bonds. The minimum absolute atomic E-state index is 0.216. The normalized spacial score (nSPS) is 14.8. The summed E-state index contributed by atoms with van der Waals surface area (Å²) >= 11 is 0. The molecule has 2 aromatic rings. The SMILES string of the molecule is Cc1ccccc1COc1cccnc1NC(=O)NC1CCCCC1. The molecular weight excluding hydrogens is 314 g/mol. The average Bonchev–Trinajstić information content (AvgIpc) is 2.63. The number of pyridine rings is 1. The van der Waals surface area contributed by atoms with E-state index in [2.05, 4.69) is 28.6 Å². The summed E-state index contributed by atoms with van der Waals surface area (Å²) in [4.78, 5) is 16.5. The Morgan fingerprint density at radius 1 is 1.16 bits per heavy atom. The molecule has 1 saturated carbocycles. The van der Waals surface area contributed by atoms with Gasteiger partial charge in [-0.05, 0) is 43.0 Å². The van der Waals surface area contributed by atoms with Crippen molar-refractivity contribution in [2.24, 2.45) is 0 Å². The number of anilines is 1. The van der Waals surface area contributed by atoms with Gasteiger partial charge in [-0.3, -0.25) is 5.32 Å². The van der Waals surface area contributed by atoms with Crippen LogP contribution in [0, 0.1) is 6.92 Å². The molecule has 0 radical (unpaired) electrons. The van der Waals surface area contributed by atoms with Crippen molar-refractivity contribution in [3.05, 3.63) is 53.7 Å². The highest BCUT2D eigenvalue weighted by Gasteiger charge is 2.17. The van der Waals surface area contributed by atoms with Gasteiger partial charge in [0.1, 0.15) is 6.61 Å². The molecule has 1 fully saturated rings. The Balaban J connectivity index is 1.60. The number of rotatable bonds is 5. The quantitative estimate of drug-likeness (QED) is 0.847. The van der Waals surface area contributed by atoms with Crippen LogP contribution in [0.25, 0.3) is 0 Å². The number of carbonyl (C=O) groups is 1. The number of aryl methyl sites for hydroxylation is 1. The maximum Gasteiger partial charge on any atom is 0.320 e. The topological polar surface area (TPSA) is 63.2 Å². The summed E-state index contributed by atoms with van der Waals surface area (Å²) in [5.41, 5.74) is 2.29. The molecule has 3 rings (SSSR count). The lowest BCUT2D eigenvalue weighted by Crippen LogP contribution is -2.39. The van der Waals surface area contributed by atoms with Crippen LogP contribution in [0.2, 0.25) is 0 Å². The second-order valence-corrected chi connectivity index (χ2v) is 6.50. The third kappa shape index (κ3) is 4.95. The van der Waals surface area contributed by atoms with Crippen LogP contribution in [0.1, 0.15) is 43.2 Å². The van der Waals surface area contributed by atoms with Crippen molar-refractivity contribution in [2.75, 3.05) is 5.32 Å². The Labute approximate surface area is 148 Å². The second kappa shape index (κ2) is 8.51.